The van der Waals surface area contributed by atoms with Gasteiger partial charge in [-0.3, -0.25) is 0 Å². The maximum atomic E-state index is 3.30. The molecule has 0 bridgehead atoms. The van der Waals surface area contributed by atoms with Gasteiger partial charge in [-0.25, -0.2) is 0 Å². The molecule has 1 fully saturated rings. The molecule has 3 atom stereocenters. The average Bonchev–Trinajstić information content (AvgIpc) is 2.46. The normalized spacial score (nSPS) is 37.9. The number of likely N-dealkylation sites (N-methyl/N-ethyl adjacent to an activating group) is 2. The molecule has 1 aliphatic rings. The fourth-order valence-electron chi connectivity index (χ4n) is 1.69. The molecule has 3 N–H and O–H groups in total. The monoisotopic (exact) mass is 156 g/mol. The highest BCUT2D eigenvalue weighted by Gasteiger charge is 2.31. The lowest BCUT2D eigenvalue weighted by Gasteiger charge is -2.16. The van der Waals surface area contributed by atoms with Crippen LogP contribution >= 0.6 is 0 Å². The van der Waals surface area contributed by atoms with Gasteiger partial charge in [-0.15, -0.1) is 0 Å². The van der Waals surface area contributed by atoms with Gasteiger partial charge in [0.25, 0.3) is 0 Å². The summed E-state index contributed by atoms with van der Waals surface area (Å²) in [6.07, 6.45) is 3.50. The molecule has 3 nitrogen and oxygen atoms in total. The minimum Gasteiger partial charge on any atom is -0.317 e. The third kappa shape index (κ3) is 1.92. The van der Waals surface area contributed by atoms with Crippen LogP contribution in [0.5, 0.6) is 0 Å². The summed E-state index contributed by atoms with van der Waals surface area (Å²) in [5.41, 5.74) is 0. The standard InChI is InChI=1S/C8H18N3/c1-9-6-4-7(10-2)8(5-6)11-3/h4,6-11H,5H2,1-3H3. The van der Waals surface area contributed by atoms with E-state index in [9.17, 15) is 0 Å². The van der Waals surface area contributed by atoms with Crippen LogP contribution in [-0.2, 0) is 0 Å². The largest absolute Gasteiger partial charge is 0.317 e. The van der Waals surface area contributed by atoms with Crippen LogP contribution < -0.4 is 16.0 Å². The Balaban J connectivity index is 2.41. The Morgan fingerprint density at radius 2 is 1.82 bits per heavy atom. The second kappa shape index (κ2) is 4.04. The van der Waals surface area contributed by atoms with E-state index < -0.39 is 0 Å². The molecule has 0 heterocycles. The number of nitrogens with one attached hydrogen (secondary N) is 3. The highest BCUT2D eigenvalue weighted by atomic mass is 15.0. The van der Waals surface area contributed by atoms with E-state index in [0.717, 1.165) is 0 Å². The van der Waals surface area contributed by atoms with Gasteiger partial charge in [0.05, 0.1) is 0 Å². The molecule has 1 saturated carbocycles. The molecule has 65 valence electrons. The lowest BCUT2D eigenvalue weighted by molar-refractivity contribution is 0.477. The van der Waals surface area contributed by atoms with Crippen molar-refractivity contribution in [3.63, 3.8) is 0 Å². The predicted octanol–water partition coefficient (Wildman–Crippen LogP) is -0.642. The number of hydrogen-bond donors (Lipinski definition) is 3. The topological polar surface area (TPSA) is 36.1 Å². The molecule has 0 amide bonds. The van der Waals surface area contributed by atoms with Gasteiger partial charge in [-0.1, -0.05) is 0 Å². The zero-order valence-electron chi connectivity index (χ0n) is 7.52. The molecular formula is C8H18N3. The lowest BCUT2D eigenvalue weighted by Crippen LogP contribution is -2.41. The Kier molecular flexibility index (Phi) is 3.30. The summed E-state index contributed by atoms with van der Waals surface area (Å²) < 4.78 is 0. The molecule has 11 heavy (non-hydrogen) atoms. The summed E-state index contributed by atoms with van der Waals surface area (Å²) in [6, 6.07) is 1.65. The van der Waals surface area contributed by atoms with E-state index in [1.165, 1.54) is 6.42 Å². The van der Waals surface area contributed by atoms with Gasteiger partial charge < -0.3 is 16.0 Å². The van der Waals surface area contributed by atoms with Crippen molar-refractivity contribution in [2.45, 2.75) is 24.5 Å². The second-order valence-electron chi connectivity index (χ2n) is 3.03. The third-order valence-corrected chi connectivity index (χ3v) is 2.46. The lowest BCUT2D eigenvalue weighted by atomic mass is 10.2. The fraction of sp³-hybridized carbons (Fsp3) is 0.875. The van der Waals surface area contributed by atoms with Gasteiger partial charge in [-0.05, 0) is 34.0 Å². The maximum absolute atomic E-state index is 3.30. The van der Waals surface area contributed by atoms with E-state index in [0.29, 0.717) is 18.1 Å². The Morgan fingerprint density at radius 1 is 1.09 bits per heavy atom. The molecule has 0 aromatic rings. The summed E-state index contributed by atoms with van der Waals surface area (Å²) in [6.45, 7) is 0. The molecule has 3 heteroatoms. The maximum Gasteiger partial charge on any atom is 0.0265 e. The van der Waals surface area contributed by atoms with Crippen molar-refractivity contribution in [2.24, 2.45) is 0 Å². The minimum atomic E-state index is 0.512. The first-order chi connectivity index (χ1) is 5.31. The van der Waals surface area contributed by atoms with Crippen molar-refractivity contribution < 1.29 is 0 Å². The molecule has 0 spiro atoms. The Labute approximate surface area is 68.9 Å². The summed E-state index contributed by atoms with van der Waals surface area (Å²) in [5, 5.41) is 9.82. The van der Waals surface area contributed by atoms with Crippen molar-refractivity contribution in [3.05, 3.63) is 6.42 Å². The smallest absolute Gasteiger partial charge is 0.0265 e. The van der Waals surface area contributed by atoms with Crippen LogP contribution in [-0.4, -0.2) is 39.3 Å². The Morgan fingerprint density at radius 3 is 2.18 bits per heavy atom. The van der Waals surface area contributed by atoms with Crippen LogP contribution in [0.3, 0.4) is 0 Å². The van der Waals surface area contributed by atoms with Crippen LogP contribution in [0, 0.1) is 6.42 Å². The van der Waals surface area contributed by atoms with Gasteiger partial charge in [0.1, 0.15) is 0 Å². The highest BCUT2D eigenvalue weighted by molar-refractivity contribution is 5.07. The molecule has 1 rings (SSSR count). The molecule has 1 radical (unpaired) electrons. The van der Waals surface area contributed by atoms with E-state index in [2.05, 4.69) is 22.4 Å². The Bertz CT molecular complexity index is 104. The first-order valence-corrected chi connectivity index (χ1v) is 4.18. The van der Waals surface area contributed by atoms with Crippen molar-refractivity contribution >= 4 is 0 Å². The zero-order valence-corrected chi connectivity index (χ0v) is 7.52. The molecule has 0 saturated heterocycles. The van der Waals surface area contributed by atoms with Crippen LogP contribution in [0.2, 0.25) is 0 Å². The predicted molar refractivity (Wildman–Crippen MR) is 47.5 cm³/mol. The van der Waals surface area contributed by atoms with E-state index in [1.54, 1.807) is 0 Å². The third-order valence-electron chi connectivity index (χ3n) is 2.46. The van der Waals surface area contributed by atoms with Crippen molar-refractivity contribution in [1.82, 2.24) is 16.0 Å². The first kappa shape index (κ1) is 8.97. The van der Waals surface area contributed by atoms with Gasteiger partial charge in [-0.2, -0.15) is 0 Å². The summed E-state index contributed by atoms with van der Waals surface area (Å²) >= 11 is 0. The van der Waals surface area contributed by atoms with E-state index >= 15 is 0 Å². The minimum absolute atomic E-state index is 0.512. The second-order valence-corrected chi connectivity index (χ2v) is 3.03. The van der Waals surface area contributed by atoms with Crippen LogP contribution in [0.15, 0.2) is 0 Å². The average molecular weight is 156 g/mol. The molecule has 0 aromatic heterocycles. The zero-order chi connectivity index (χ0) is 8.27. The summed E-state index contributed by atoms with van der Waals surface area (Å²) in [5.74, 6) is 0. The molecule has 1 aliphatic carbocycles. The highest BCUT2D eigenvalue weighted by Crippen LogP contribution is 2.17. The quantitative estimate of drug-likeness (QED) is 0.508. The number of rotatable bonds is 3. The molecule has 0 aliphatic heterocycles. The summed E-state index contributed by atoms with van der Waals surface area (Å²) in [7, 11) is 6.02. The van der Waals surface area contributed by atoms with Gasteiger partial charge >= 0.3 is 0 Å². The summed E-state index contributed by atoms with van der Waals surface area (Å²) in [4.78, 5) is 0. The molecule has 0 aromatic carbocycles. The van der Waals surface area contributed by atoms with Crippen LogP contribution in [0.25, 0.3) is 0 Å². The first-order valence-electron chi connectivity index (χ1n) is 4.18. The van der Waals surface area contributed by atoms with Crippen LogP contribution in [0.4, 0.5) is 0 Å². The van der Waals surface area contributed by atoms with E-state index in [-0.39, 0.29) is 0 Å². The van der Waals surface area contributed by atoms with E-state index in [1.807, 2.05) is 21.1 Å². The Hall–Kier alpha value is -0.120. The van der Waals surface area contributed by atoms with Crippen molar-refractivity contribution in [2.75, 3.05) is 21.1 Å². The van der Waals surface area contributed by atoms with Crippen molar-refractivity contribution in [1.29, 1.82) is 0 Å². The van der Waals surface area contributed by atoms with E-state index in [4.69, 9.17) is 0 Å². The SMILES string of the molecule is CNC1[CH]C(NC)C(NC)C1. The van der Waals surface area contributed by atoms with Crippen LogP contribution in [0.1, 0.15) is 6.42 Å². The molecule has 3 unspecified atom stereocenters. The fourth-order valence-corrected chi connectivity index (χ4v) is 1.69. The van der Waals surface area contributed by atoms with Gasteiger partial charge in [0.15, 0.2) is 0 Å². The van der Waals surface area contributed by atoms with Gasteiger partial charge in [0, 0.05) is 18.1 Å². The molecular weight excluding hydrogens is 138 g/mol. The van der Waals surface area contributed by atoms with Gasteiger partial charge in [0.2, 0.25) is 0 Å². The number of hydrogen-bond acceptors (Lipinski definition) is 3. The van der Waals surface area contributed by atoms with Crippen molar-refractivity contribution in [3.8, 4) is 0 Å².